The number of hydrogen-bond acceptors (Lipinski definition) is 2. The first kappa shape index (κ1) is 12.8. The topological polar surface area (TPSA) is 55.1 Å². The van der Waals surface area contributed by atoms with Crippen LogP contribution >= 0.6 is 15.9 Å². The summed E-state index contributed by atoms with van der Waals surface area (Å²) in [4.78, 5) is 10.8. The zero-order chi connectivity index (χ0) is 13.0. The lowest BCUT2D eigenvalue weighted by Gasteiger charge is -2.04. The van der Waals surface area contributed by atoms with Crippen LogP contribution in [0.5, 0.6) is 0 Å². The number of aromatic carboxylic acids is 1. The second-order valence-corrected chi connectivity index (χ2v) is 4.72. The van der Waals surface area contributed by atoms with Gasteiger partial charge in [-0.1, -0.05) is 30.3 Å². The first-order valence-corrected chi connectivity index (χ1v) is 6.46. The molecule has 1 aromatic carbocycles. The molecule has 0 aliphatic heterocycles. The molecular formula is C13H13BrN2O2. The fourth-order valence-electron chi connectivity index (χ4n) is 1.75. The van der Waals surface area contributed by atoms with E-state index in [-0.39, 0.29) is 5.56 Å². The van der Waals surface area contributed by atoms with Gasteiger partial charge in [-0.15, -0.1) is 0 Å². The molecule has 0 saturated heterocycles. The molecule has 4 nitrogen and oxygen atoms in total. The summed E-state index contributed by atoms with van der Waals surface area (Å²) < 4.78 is 2.20. The number of carboxylic acids is 1. The number of hydrogen-bond donors (Lipinski definition) is 1. The van der Waals surface area contributed by atoms with Gasteiger partial charge in [0.05, 0.1) is 6.20 Å². The highest BCUT2D eigenvalue weighted by Gasteiger charge is 2.13. The predicted molar refractivity (Wildman–Crippen MR) is 71.6 cm³/mol. The highest BCUT2D eigenvalue weighted by atomic mass is 79.9. The summed E-state index contributed by atoms with van der Waals surface area (Å²) >= 11 is 3.26. The Morgan fingerprint density at radius 1 is 1.33 bits per heavy atom. The van der Waals surface area contributed by atoms with Crippen LogP contribution in [0.3, 0.4) is 0 Å². The van der Waals surface area contributed by atoms with Crippen LogP contribution < -0.4 is 0 Å². The Bertz CT molecular complexity index is 537. The van der Waals surface area contributed by atoms with E-state index >= 15 is 0 Å². The van der Waals surface area contributed by atoms with E-state index in [0.717, 1.165) is 12.8 Å². The van der Waals surface area contributed by atoms with Gasteiger partial charge in [-0.3, -0.25) is 4.68 Å². The van der Waals surface area contributed by atoms with Crippen molar-refractivity contribution in [2.45, 2.75) is 19.4 Å². The second-order valence-electron chi connectivity index (χ2n) is 3.97. The summed E-state index contributed by atoms with van der Waals surface area (Å²) in [7, 11) is 0. The van der Waals surface area contributed by atoms with Gasteiger partial charge in [0.25, 0.3) is 0 Å². The van der Waals surface area contributed by atoms with Gasteiger partial charge >= 0.3 is 5.97 Å². The molecule has 5 heteroatoms. The Hall–Kier alpha value is -1.62. The largest absolute Gasteiger partial charge is 0.478 e. The van der Waals surface area contributed by atoms with Gasteiger partial charge in [0.1, 0.15) is 10.2 Å². The third-order valence-corrected chi connectivity index (χ3v) is 3.52. The van der Waals surface area contributed by atoms with Crippen LogP contribution in [-0.2, 0) is 13.0 Å². The third kappa shape index (κ3) is 2.98. The van der Waals surface area contributed by atoms with E-state index in [1.165, 1.54) is 11.8 Å². The molecule has 1 N–H and O–H groups in total. The van der Waals surface area contributed by atoms with Crippen molar-refractivity contribution in [2.24, 2.45) is 0 Å². The monoisotopic (exact) mass is 308 g/mol. The summed E-state index contributed by atoms with van der Waals surface area (Å²) in [6.07, 6.45) is 3.24. The fourth-order valence-corrected chi connectivity index (χ4v) is 2.29. The van der Waals surface area contributed by atoms with Gasteiger partial charge < -0.3 is 5.11 Å². The molecule has 0 radical (unpaired) electrons. The molecular weight excluding hydrogens is 296 g/mol. The van der Waals surface area contributed by atoms with Crippen LogP contribution in [0.25, 0.3) is 0 Å². The molecule has 1 heterocycles. The Morgan fingerprint density at radius 3 is 2.67 bits per heavy atom. The van der Waals surface area contributed by atoms with E-state index in [1.54, 1.807) is 4.68 Å². The van der Waals surface area contributed by atoms with Crippen molar-refractivity contribution in [1.82, 2.24) is 9.78 Å². The molecule has 18 heavy (non-hydrogen) atoms. The minimum Gasteiger partial charge on any atom is -0.478 e. The van der Waals surface area contributed by atoms with E-state index in [1.807, 2.05) is 18.2 Å². The van der Waals surface area contributed by atoms with Gasteiger partial charge in [-0.05, 0) is 34.3 Å². The number of nitrogens with zero attached hydrogens (tertiary/aromatic N) is 2. The number of rotatable bonds is 5. The van der Waals surface area contributed by atoms with Crippen molar-refractivity contribution in [2.75, 3.05) is 0 Å². The first-order chi connectivity index (χ1) is 8.68. The summed E-state index contributed by atoms with van der Waals surface area (Å²) in [5.74, 6) is -0.962. The molecule has 0 saturated carbocycles. The number of aromatic nitrogens is 2. The van der Waals surface area contributed by atoms with Crippen molar-refractivity contribution in [3.05, 3.63) is 52.3 Å². The second kappa shape index (κ2) is 5.82. The van der Waals surface area contributed by atoms with Crippen molar-refractivity contribution in [3.63, 3.8) is 0 Å². The van der Waals surface area contributed by atoms with Crippen molar-refractivity contribution in [3.8, 4) is 0 Å². The molecule has 0 aliphatic carbocycles. The zero-order valence-electron chi connectivity index (χ0n) is 9.71. The molecule has 0 bridgehead atoms. The zero-order valence-corrected chi connectivity index (χ0v) is 11.3. The van der Waals surface area contributed by atoms with Gasteiger partial charge in [-0.25, -0.2) is 4.79 Å². The van der Waals surface area contributed by atoms with Crippen LogP contribution in [0.1, 0.15) is 22.3 Å². The minimum absolute atomic E-state index is 0.203. The van der Waals surface area contributed by atoms with Crippen LogP contribution in [0, 0.1) is 0 Å². The Labute approximate surface area is 113 Å². The average molecular weight is 309 g/mol. The SMILES string of the molecule is O=C(O)c1cnn(CCCc2ccccc2)c1Br. The van der Waals surface area contributed by atoms with Crippen LogP contribution in [0.15, 0.2) is 41.1 Å². The summed E-state index contributed by atoms with van der Waals surface area (Å²) in [5, 5.41) is 13.0. The van der Waals surface area contributed by atoms with Crippen LogP contribution in [-0.4, -0.2) is 20.9 Å². The summed E-state index contributed by atoms with van der Waals surface area (Å²) in [6.45, 7) is 0.697. The summed E-state index contributed by atoms with van der Waals surface area (Å²) in [5.41, 5.74) is 1.48. The van der Waals surface area contributed by atoms with E-state index < -0.39 is 5.97 Å². The van der Waals surface area contributed by atoms with E-state index in [9.17, 15) is 4.79 Å². The normalized spacial score (nSPS) is 10.5. The number of halogens is 1. The Kier molecular flexibility index (Phi) is 4.15. The molecule has 0 unspecified atom stereocenters. The molecule has 0 spiro atoms. The molecule has 0 amide bonds. The van der Waals surface area contributed by atoms with Crippen molar-refractivity contribution < 1.29 is 9.90 Å². The standard InChI is InChI=1S/C13H13BrN2O2/c14-12-11(13(17)18)9-15-16(12)8-4-7-10-5-2-1-3-6-10/h1-3,5-6,9H,4,7-8H2,(H,17,18). The highest BCUT2D eigenvalue weighted by molar-refractivity contribution is 9.10. The van der Waals surface area contributed by atoms with Gasteiger partial charge in [0, 0.05) is 6.54 Å². The summed E-state index contributed by atoms with van der Waals surface area (Å²) in [6, 6.07) is 10.2. The molecule has 94 valence electrons. The van der Waals surface area contributed by atoms with Crippen molar-refractivity contribution in [1.29, 1.82) is 0 Å². The predicted octanol–water partition coefficient (Wildman–Crippen LogP) is 2.98. The lowest BCUT2D eigenvalue weighted by Crippen LogP contribution is -2.03. The van der Waals surface area contributed by atoms with Crippen molar-refractivity contribution >= 4 is 21.9 Å². The van der Waals surface area contributed by atoms with Gasteiger partial charge in [0.2, 0.25) is 0 Å². The molecule has 2 aromatic rings. The Balaban J connectivity index is 1.93. The maximum atomic E-state index is 10.8. The molecule has 1 aromatic heterocycles. The highest BCUT2D eigenvalue weighted by Crippen LogP contribution is 2.17. The molecule has 0 atom stereocenters. The number of carboxylic acid groups (broad SMARTS) is 1. The lowest BCUT2D eigenvalue weighted by atomic mass is 10.1. The average Bonchev–Trinajstić information content (AvgIpc) is 2.73. The molecule has 0 aliphatic rings. The van der Waals surface area contributed by atoms with E-state index in [2.05, 4.69) is 33.2 Å². The number of benzene rings is 1. The van der Waals surface area contributed by atoms with E-state index in [0.29, 0.717) is 11.1 Å². The quantitative estimate of drug-likeness (QED) is 0.924. The maximum Gasteiger partial charge on any atom is 0.340 e. The third-order valence-electron chi connectivity index (χ3n) is 2.68. The van der Waals surface area contributed by atoms with Gasteiger partial charge in [-0.2, -0.15) is 5.10 Å². The minimum atomic E-state index is -0.962. The smallest absolute Gasteiger partial charge is 0.340 e. The Morgan fingerprint density at radius 2 is 2.06 bits per heavy atom. The first-order valence-electron chi connectivity index (χ1n) is 5.67. The van der Waals surface area contributed by atoms with E-state index in [4.69, 9.17) is 5.11 Å². The number of aryl methyl sites for hydroxylation is 2. The fraction of sp³-hybridized carbons (Fsp3) is 0.231. The molecule has 0 fully saturated rings. The van der Waals surface area contributed by atoms with Crippen LogP contribution in [0.4, 0.5) is 0 Å². The van der Waals surface area contributed by atoms with Crippen LogP contribution in [0.2, 0.25) is 0 Å². The number of carbonyl (C=O) groups is 1. The van der Waals surface area contributed by atoms with Gasteiger partial charge in [0.15, 0.2) is 0 Å². The maximum absolute atomic E-state index is 10.8. The molecule has 2 rings (SSSR count). The lowest BCUT2D eigenvalue weighted by molar-refractivity contribution is 0.0695.